The summed E-state index contributed by atoms with van der Waals surface area (Å²) in [5.74, 6) is -1.23. The third-order valence-corrected chi connectivity index (χ3v) is 5.55. The minimum absolute atomic E-state index is 0.204. The molecular weight excluding hydrogens is 309 g/mol. The first-order valence-corrected chi connectivity index (χ1v) is 7.74. The second-order valence-electron chi connectivity index (χ2n) is 4.37. The molecule has 0 unspecified atom stereocenters. The van der Waals surface area contributed by atoms with Crippen molar-refractivity contribution < 1.29 is 22.3 Å². The van der Waals surface area contributed by atoms with Gasteiger partial charge < -0.3 is 4.74 Å². The van der Waals surface area contributed by atoms with Crippen molar-refractivity contribution in [3.05, 3.63) is 29.0 Å². The Morgan fingerprint density at radius 3 is 2.80 bits per heavy atom. The van der Waals surface area contributed by atoms with Gasteiger partial charge >= 0.3 is 5.97 Å². The first-order valence-electron chi connectivity index (χ1n) is 5.92. The zero-order valence-electron chi connectivity index (χ0n) is 10.7. The molecule has 0 radical (unpaired) electrons. The van der Waals surface area contributed by atoms with Crippen LogP contribution < -0.4 is 0 Å². The maximum atomic E-state index is 13.0. The molecule has 0 amide bonds. The van der Waals surface area contributed by atoms with Gasteiger partial charge in [-0.2, -0.15) is 4.31 Å². The van der Waals surface area contributed by atoms with Crippen LogP contribution in [0.1, 0.15) is 12.8 Å². The molecule has 2 rings (SSSR count). The second kappa shape index (κ2) is 5.67. The Balaban J connectivity index is 2.41. The van der Waals surface area contributed by atoms with E-state index in [9.17, 15) is 17.6 Å². The van der Waals surface area contributed by atoms with Crippen LogP contribution in [0.4, 0.5) is 4.39 Å². The van der Waals surface area contributed by atoms with Crippen LogP contribution in [0.3, 0.4) is 0 Å². The molecule has 110 valence electrons. The van der Waals surface area contributed by atoms with Crippen molar-refractivity contribution in [2.24, 2.45) is 0 Å². The second-order valence-corrected chi connectivity index (χ2v) is 6.64. The van der Waals surface area contributed by atoms with Gasteiger partial charge in [-0.15, -0.1) is 0 Å². The molecule has 5 nitrogen and oxygen atoms in total. The Morgan fingerprint density at radius 2 is 2.20 bits per heavy atom. The molecule has 1 aliphatic heterocycles. The fourth-order valence-electron chi connectivity index (χ4n) is 2.21. The fraction of sp³-hybridized carbons (Fsp3) is 0.417. The number of benzene rings is 1. The summed E-state index contributed by atoms with van der Waals surface area (Å²) in [6.45, 7) is 0.204. The van der Waals surface area contributed by atoms with Crippen LogP contribution in [-0.4, -0.2) is 38.4 Å². The first kappa shape index (κ1) is 15.2. The summed E-state index contributed by atoms with van der Waals surface area (Å²) in [6, 6.07) is 2.19. The van der Waals surface area contributed by atoms with Gasteiger partial charge in [0.15, 0.2) is 0 Å². The van der Waals surface area contributed by atoms with Crippen molar-refractivity contribution in [1.29, 1.82) is 0 Å². The molecule has 1 aliphatic rings. The lowest BCUT2D eigenvalue weighted by molar-refractivity contribution is -0.144. The number of carbonyl (C=O) groups is 1. The van der Waals surface area contributed by atoms with E-state index < -0.39 is 27.9 Å². The van der Waals surface area contributed by atoms with E-state index in [1.165, 1.54) is 7.11 Å². The largest absolute Gasteiger partial charge is 0.468 e. The molecule has 1 aromatic carbocycles. The highest BCUT2D eigenvalue weighted by Gasteiger charge is 2.40. The van der Waals surface area contributed by atoms with Gasteiger partial charge in [-0.25, -0.2) is 12.8 Å². The van der Waals surface area contributed by atoms with Gasteiger partial charge in [0, 0.05) is 6.54 Å². The number of methoxy groups -OCH3 is 1. The first-order chi connectivity index (χ1) is 9.37. The average Bonchev–Trinajstić information content (AvgIpc) is 2.87. The molecule has 1 saturated heterocycles. The molecule has 20 heavy (non-hydrogen) atoms. The lowest BCUT2D eigenvalue weighted by atomic mass is 10.2. The van der Waals surface area contributed by atoms with Crippen molar-refractivity contribution >= 4 is 27.6 Å². The molecule has 8 heteroatoms. The normalized spacial score (nSPS) is 20.1. The summed E-state index contributed by atoms with van der Waals surface area (Å²) < 4.78 is 43.7. The Labute approximate surface area is 121 Å². The molecule has 0 spiro atoms. The minimum atomic E-state index is -3.96. The predicted octanol–water partition coefficient (Wildman–Crippen LogP) is 1.81. The van der Waals surface area contributed by atoms with E-state index in [0.29, 0.717) is 12.8 Å². The van der Waals surface area contributed by atoms with Gasteiger partial charge in [-0.1, -0.05) is 11.6 Å². The molecule has 0 saturated carbocycles. The van der Waals surface area contributed by atoms with Gasteiger partial charge in [0.25, 0.3) is 0 Å². The highest BCUT2D eigenvalue weighted by molar-refractivity contribution is 7.89. The summed E-state index contributed by atoms with van der Waals surface area (Å²) in [5.41, 5.74) is 0. The maximum Gasteiger partial charge on any atom is 0.324 e. The van der Waals surface area contributed by atoms with Crippen molar-refractivity contribution in [2.45, 2.75) is 23.8 Å². The van der Waals surface area contributed by atoms with Crippen molar-refractivity contribution in [1.82, 2.24) is 4.31 Å². The van der Waals surface area contributed by atoms with Crippen molar-refractivity contribution in [3.63, 3.8) is 0 Å². The third kappa shape index (κ3) is 2.65. The Bertz CT molecular complexity index is 634. The SMILES string of the molecule is COC(=O)[C@H]1CCCN1S(=O)(=O)c1ccc(F)cc1Cl. The van der Waals surface area contributed by atoms with Crippen LogP contribution in [0.25, 0.3) is 0 Å². The Morgan fingerprint density at radius 1 is 1.50 bits per heavy atom. The van der Waals surface area contributed by atoms with Gasteiger partial charge in [-0.3, -0.25) is 4.79 Å². The summed E-state index contributed by atoms with van der Waals surface area (Å²) >= 11 is 5.79. The van der Waals surface area contributed by atoms with E-state index in [1.54, 1.807) is 0 Å². The van der Waals surface area contributed by atoms with Crippen LogP contribution in [0.15, 0.2) is 23.1 Å². The fourth-order valence-corrected chi connectivity index (χ4v) is 4.36. The van der Waals surface area contributed by atoms with Crippen LogP contribution in [0, 0.1) is 5.82 Å². The van der Waals surface area contributed by atoms with E-state index in [2.05, 4.69) is 4.74 Å². The molecular formula is C12H13ClFNO4S. The number of hydrogen-bond acceptors (Lipinski definition) is 4. The molecule has 0 aliphatic carbocycles. The monoisotopic (exact) mass is 321 g/mol. The van der Waals surface area contributed by atoms with Crippen molar-refractivity contribution in [2.75, 3.05) is 13.7 Å². The molecule has 1 atom stereocenters. The van der Waals surface area contributed by atoms with E-state index in [4.69, 9.17) is 11.6 Å². The lowest BCUT2D eigenvalue weighted by Crippen LogP contribution is -2.41. The molecule has 0 N–H and O–H groups in total. The molecule has 1 aromatic rings. The highest BCUT2D eigenvalue weighted by atomic mass is 35.5. The molecule has 0 aromatic heterocycles. The number of halogens is 2. The average molecular weight is 322 g/mol. The lowest BCUT2D eigenvalue weighted by Gasteiger charge is -2.22. The summed E-state index contributed by atoms with van der Waals surface area (Å²) in [4.78, 5) is 11.4. The van der Waals surface area contributed by atoms with E-state index in [1.807, 2.05) is 0 Å². The molecule has 1 heterocycles. The van der Waals surface area contributed by atoms with Crippen LogP contribution in [-0.2, 0) is 19.6 Å². The van der Waals surface area contributed by atoms with E-state index in [0.717, 1.165) is 22.5 Å². The number of sulfonamides is 1. The number of carbonyl (C=O) groups excluding carboxylic acids is 1. The molecule has 1 fully saturated rings. The molecule has 0 bridgehead atoms. The Hall–Kier alpha value is -1.18. The van der Waals surface area contributed by atoms with Gasteiger partial charge in [0.1, 0.15) is 16.8 Å². The minimum Gasteiger partial charge on any atom is -0.468 e. The highest BCUT2D eigenvalue weighted by Crippen LogP contribution is 2.30. The number of rotatable bonds is 3. The van der Waals surface area contributed by atoms with E-state index >= 15 is 0 Å². The Kier molecular flexibility index (Phi) is 4.31. The number of esters is 1. The summed E-state index contributed by atoms with van der Waals surface area (Å²) in [7, 11) is -2.75. The van der Waals surface area contributed by atoms with Crippen LogP contribution in [0.5, 0.6) is 0 Å². The zero-order valence-corrected chi connectivity index (χ0v) is 12.2. The predicted molar refractivity (Wildman–Crippen MR) is 70.3 cm³/mol. The van der Waals surface area contributed by atoms with Crippen molar-refractivity contribution in [3.8, 4) is 0 Å². The third-order valence-electron chi connectivity index (χ3n) is 3.16. The topological polar surface area (TPSA) is 63.7 Å². The summed E-state index contributed by atoms with van der Waals surface area (Å²) in [6.07, 6.45) is 0.947. The van der Waals surface area contributed by atoms with Crippen LogP contribution in [0.2, 0.25) is 5.02 Å². The summed E-state index contributed by atoms with van der Waals surface area (Å²) in [5, 5.41) is -0.208. The maximum absolute atomic E-state index is 13.0. The quantitative estimate of drug-likeness (QED) is 0.796. The zero-order chi connectivity index (χ0) is 14.9. The number of hydrogen-bond donors (Lipinski definition) is 0. The van der Waals surface area contributed by atoms with E-state index in [-0.39, 0.29) is 16.5 Å². The van der Waals surface area contributed by atoms with Crippen LogP contribution >= 0.6 is 11.6 Å². The van der Waals surface area contributed by atoms with Gasteiger partial charge in [-0.05, 0) is 31.0 Å². The number of ether oxygens (including phenoxy) is 1. The standard InChI is InChI=1S/C12H13ClFNO4S/c1-19-12(16)10-3-2-6-15(10)20(17,18)11-5-4-8(14)7-9(11)13/h4-5,7,10H,2-3,6H2,1H3/t10-/m1/s1. The number of nitrogens with zero attached hydrogens (tertiary/aromatic N) is 1. The smallest absolute Gasteiger partial charge is 0.324 e. The van der Waals surface area contributed by atoms with Gasteiger partial charge in [0.2, 0.25) is 10.0 Å². The van der Waals surface area contributed by atoms with Gasteiger partial charge in [0.05, 0.1) is 12.1 Å².